The number of anilines is 1. The lowest BCUT2D eigenvalue weighted by molar-refractivity contribution is 0.0927. The molecule has 0 aliphatic carbocycles. The molecule has 0 unspecified atom stereocenters. The highest BCUT2D eigenvalue weighted by Gasteiger charge is 2.25. The molecule has 0 saturated heterocycles. The lowest BCUT2D eigenvalue weighted by atomic mass is 10.1. The van der Waals surface area contributed by atoms with Gasteiger partial charge in [0, 0.05) is 6.42 Å². The third-order valence-electron chi connectivity index (χ3n) is 4.12. The van der Waals surface area contributed by atoms with Crippen molar-refractivity contribution in [1.82, 2.24) is 20.5 Å². The third kappa shape index (κ3) is 3.95. The number of H-pyrrole nitrogens is 1. The Labute approximate surface area is 161 Å². The van der Waals surface area contributed by atoms with Gasteiger partial charge in [-0.15, -0.1) is 5.10 Å². The van der Waals surface area contributed by atoms with Crippen LogP contribution in [0.2, 0.25) is 0 Å². The summed E-state index contributed by atoms with van der Waals surface area (Å²) in [5.74, 6) is 0.982. The average Bonchev–Trinajstić information content (AvgIpc) is 3.09. The molecule has 7 nitrogen and oxygen atoms in total. The van der Waals surface area contributed by atoms with E-state index in [2.05, 4.69) is 25.8 Å². The fourth-order valence-electron chi connectivity index (χ4n) is 2.76. The van der Waals surface area contributed by atoms with E-state index in [0.29, 0.717) is 23.0 Å². The lowest BCUT2D eigenvalue weighted by Crippen LogP contribution is -2.45. The Morgan fingerprint density at radius 3 is 2.81 bits per heavy atom. The molecule has 8 heteroatoms. The van der Waals surface area contributed by atoms with E-state index in [4.69, 9.17) is 17.0 Å². The van der Waals surface area contributed by atoms with Gasteiger partial charge in [-0.1, -0.05) is 54.7 Å². The number of carbonyl (C=O) groups excluding carboxylic acids is 1. The predicted octanol–water partition coefficient (Wildman–Crippen LogP) is 2.33. The fraction of sp³-hybridized carbons (Fsp3) is 0.158. The number of aromatic amines is 1. The molecule has 136 valence electrons. The van der Waals surface area contributed by atoms with Gasteiger partial charge in [0.05, 0.1) is 5.69 Å². The summed E-state index contributed by atoms with van der Waals surface area (Å²) in [5, 5.41) is 12.8. The van der Waals surface area contributed by atoms with Crippen LogP contribution in [0.25, 0.3) is 0 Å². The second-order valence-corrected chi connectivity index (χ2v) is 6.53. The van der Waals surface area contributed by atoms with E-state index in [1.54, 1.807) is 0 Å². The number of thiocarbonyl (C=S) groups is 1. The monoisotopic (exact) mass is 379 g/mol. The number of rotatable bonds is 4. The summed E-state index contributed by atoms with van der Waals surface area (Å²) in [6.45, 7) is 0.232. The maximum absolute atomic E-state index is 12.5. The lowest BCUT2D eigenvalue weighted by Gasteiger charge is -2.15. The molecular formula is C19H17N5O2S. The van der Waals surface area contributed by atoms with Crippen LogP contribution in [0.5, 0.6) is 5.75 Å². The smallest absolute Gasteiger partial charge is 0.291 e. The maximum atomic E-state index is 12.5. The number of hydrogen-bond donors (Lipinski definition) is 3. The molecule has 2 aromatic carbocycles. The van der Waals surface area contributed by atoms with Crippen molar-refractivity contribution in [1.29, 1.82) is 0 Å². The highest BCUT2D eigenvalue weighted by molar-refractivity contribution is 7.80. The average molecular weight is 379 g/mol. The standard InChI is InChI=1S/C19H17N5O2S/c25-18(17-22-16(23-24-17)10-12-6-2-1-3-7-12)20-14-11-26-15-9-5-4-8-13(15)21-19(14)27/h1-9,14H,10-11H2,(H,20,25)(H,21,27)(H,22,23,24)/t14-/m0/s1. The summed E-state index contributed by atoms with van der Waals surface area (Å²) >= 11 is 5.40. The number of nitrogens with one attached hydrogen (secondary N) is 3. The molecule has 0 radical (unpaired) electrons. The maximum Gasteiger partial charge on any atom is 0.291 e. The second-order valence-electron chi connectivity index (χ2n) is 6.09. The number of ether oxygens (including phenoxy) is 1. The molecular weight excluding hydrogens is 362 g/mol. The van der Waals surface area contributed by atoms with E-state index < -0.39 is 11.9 Å². The minimum atomic E-state index is -0.476. The van der Waals surface area contributed by atoms with E-state index in [1.807, 2.05) is 54.6 Å². The summed E-state index contributed by atoms with van der Waals surface area (Å²) < 4.78 is 5.74. The van der Waals surface area contributed by atoms with Crippen LogP contribution in [0.3, 0.4) is 0 Å². The van der Waals surface area contributed by atoms with E-state index in [0.717, 1.165) is 11.3 Å². The Morgan fingerprint density at radius 1 is 1.19 bits per heavy atom. The molecule has 1 amide bonds. The molecule has 27 heavy (non-hydrogen) atoms. The summed E-state index contributed by atoms with van der Waals surface area (Å²) in [6.07, 6.45) is 0.572. The van der Waals surface area contributed by atoms with Crippen LogP contribution in [-0.4, -0.2) is 38.7 Å². The van der Waals surface area contributed by atoms with E-state index >= 15 is 0 Å². The van der Waals surface area contributed by atoms with Gasteiger partial charge in [0.15, 0.2) is 0 Å². The zero-order valence-electron chi connectivity index (χ0n) is 14.3. The number of para-hydroxylation sites is 2. The van der Waals surface area contributed by atoms with Gasteiger partial charge in [0.25, 0.3) is 5.91 Å². The number of fused-ring (bicyclic) bond motifs is 1. The van der Waals surface area contributed by atoms with Gasteiger partial charge in [-0.2, -0.15) is 0 Å². The van der Waals surface area contributed by atoms with Crippen LogP contribution in [-0.2, 0) is 6.42 Å². The van der Waals surface area contributed by atoms with Crippen molar-refractivity contribution in [2.75, 3.05) is 11.9 Å². The molecule has 2 heterocycles. The first-order valence-electron chi connectivity index (χ1n) is 8.48. The molecule has 0 spiro atoms. The third-order valence-corrected chi connectivity index (χ3v) is 4.51. The summed E-state index contributed by atoms with van der Waals surface area (Å²) in [4.78, 5) is 17.3. The normalized spacial score (nSPS) is 15.9. The van der Waals surface area contributed by atoms with Gasteiger partial charge in [0.1, 0.15) is 29.2 Å². The minimum Gasteiger partial charge on any atom is -0.489 e. The number of carbonyl (C=O) groups is 1. The van der Waals surface area contributed by atoms with E-state index in [-0.39, 0.29) is 12.4 Å². The predicted molar refractivity (Wildman–Crippen MR) is 105 cm³/mol. The molecule has 0 saturated carbocycles. The van der Waals surface area contributed by atoms with Gasteiger partial charge >= 0.3 is 0 Å². The fourth-order valence-corrected chi connectivity index (χ4v) is 3.00. The van der Waals surface area contributed by atoms with Crippen LogP contribution in [0.4, 0.5) is 5.69 Å². The summed E-state index contributed by atoms with van der Waals surface area (Å²) in [5.41, 5.74) is 1.86. The first kappa shape index (κ1) is 17.2. The number of amides is 1. The number of aromatic nitrogens is 3. The van der Waals surface area contributed by atoms with Gasteiger partial charge in [-0.25, -0.2) is 4.98 Å². The quantitative estimate of drug-likeness (QED) is 0.603. The molecule has 4 rings (SSSR count). The Kier molecular flexibility index (Phi) is 4.80. The second kappa shape index (κ2) is 7.55. The molecule has 3 aromatic rings. The summed E-state index contributed by atoms with van der Waals surface area (Å²) in [7, 11) is 0. The SMILES string of the molecule is O=C(N[C@H]1COc2ccccc2NC1=S)c1n[nH]c(Cc2ccccc2)n1. The van der Waals surface area contributed by atoms with Crippen LogP contribution in [0, 0.1) is 0 Å². The molecule has 1 aliphatic rings. The number of nitrogens with zero attached hydrogens (tertiary/aromatic N) is 2. The largest absolute Gasteiger partial charge is 0.489 e. The van der Waals surface area contributed by atoms with Crippen molar-refractivity contribution in [2.24, 2.45) is 0 Å². The zero-order valence-corrected chi connectivity index (χ0v) is 15.1. The Hall–Kier alpha value is -3.26. The number of hydrogen-bond acceptors (Lipinski definition) is 5. The van der Waals surface area contributed by atoms with E-state index in [1.165, 1.54) is 0 Å². The molecule has 3 N–H and O–H groups in total. The van der Waals surface area contributed by atoms with Crippen molar-refractivity contribution in [3.05, 3.63) is 71.8 Å². The van der Waals surface area contributed by atoms with Crippen molar-refractivity contribution >= 4 is 28.8 Å². The Morgan fingerprint density at radius 2 is 1.96 bits per heavy atom. The van der Waals surface area contributed by atoms with Crippen LogP contribution >= 0.6 is 12.2 Å². The van der Waals surface area contributed by atoms with E-state index in [9.17, 15) is 4.79 Å². The topological polar surface area (TPSA) is 91.9 Å². The summed E-state index contributed by atoms with van der Waals surface area (Å²) in [6, 6.07) is 16.9. The van der Waals surface area contributed by atoms with Crippen molar-refractivity contribution < 1.29 is 9.53 Å². The zero-order chi connectivity index (χ0) is 18.6. The van der Waals surface area contributed by atoms with Gasteiger partial charge < -0.3 is 15.4 Å². The van der Waals surface area contributed by atoms with Crippen LogP contribution < -0.4 is 15.4 Å². The van der Waals surface area contributed by atoms with Crippen molar-refractivity contribution in [2.45, 2.75) is 12.5 Å². The molecule has 0 fully saturated rings. The first-order chi connectivity index (χ1) is 13.2. The van der Waals surface area contributed by atoms with Gasteiger partial charge in [0.2, 0.25) is 5.82 Å². The van der Waals surface area contributed by atoms with Crippen molar-refractivity contribution in [3.63, 3.8) is 0 Å². The molecule has 1 aromatic heterocycles. The Balaban J connectivity index is 1.41. The number of benzene rings is 2. The molecule has 0 bridgehead atoms. The van der Waals surface area contributed by atoms with Crippen LogP contribution in [0.1, 0.15) is 22.0 Å². The van der Waals surface area contributed by atoms with Crippen LogP contribution in [0.15, 0.2) is 54.6 Å². The molecule has 1 aliphatic heterocycles. The minimum absolute atomic E-state index is 0.0745. The van der Waals surface area contributed by atoms with Crippen molar-refractivity contribution in [3.8, 4) is 5.75 Å². The van der Waals surface area contributed by atoms with Gasteiger partial charge in [-0.3, -0.25) is 9.89 Å². The highest BCUT2D eigenvalue weighted by atomic mass is 32.1. The first-order valence-corrected chi connectivity index (χ1v) is 8.88. The highest BCUT2D eigenvalue weighted by Crippen LogP contribution is 2.26. The van der Waals surface area contributed by atoms with Gasteiger partial charge in [-0.05, 0) is 17.7 Å². The molecule has 1 atom stereocenters. The Bertz CT molecular complexity index is 973.